The molecule has 0 saturated carbocycles. The summed E-state index contributed by atoms with van der Waals surface area (Å²) >= 11 is 0. The van der Waals surface area contributed by atoms with Crippen molar-refractivity contribution in [3.8, 4) is 11.8 Å². The topological polar surface area (TPSA) is 66.2 Å². The summed E-state index contributed by atoms with van der Waals surface area (Å²) in [6.45, 7) is 0. The minimum Gasteiger partial charge on any atom is -1.00 e. The van der Waals surface area contributed by atoms with Gasteiger partial charge in [0.2, 0.25) is 11.8 Å². The van der Waals surface area contributed by atoms with Crippen LogP contribution in [0.2, 0.25) is 0 Å². The maximum absolute atomic E-state index is 8.52. The third kappa shape index (κ3) is 17.7. The monoisotopic (exact) mass is 514 g/mol. The Bertz CT molecular complexity index is 333. The summed E-state index contributed by atoms with van der Waals surface area (Å²) in [7, 11) is 0. The van der Waals surface area contributed by atoms with Crippen LogP contribution in [0.25, 0.3) is 0 Å². The second-order valence-corrected chi connectivity index (χ2v) is 2.38. The molecule has 0 spiro atoms. The van der Waals surface area contributed by atoms with E-state index in [1.807, 2.05) is 0 Å². The van der Waals surface area contributed by atoms with Gasteiger partial charge in [0.05, 0.1) is 0 Å². The SMILES string of the molecule is Oc1ccccn1.Oc1ccccn1.[Cl-].[Cl-].[Cl-].[Cl-].[W]. The molecule has 2 N–H and O–H groups in total. The molecule has 0 atom stereocenters. The molecule has 0 saturated heterocycles. The van der Waals surface area contributed by atoms with Crippen LogP contribution < -0.4 is 49.6 Å². The summed E-state index contributed by atoms with van der Waals surface area (Å²) in [4.78, 5) is 7.07. The summed E-state index contributed by atoms with van der Waals surface area (Å²) < 4.78 is 0. The predicted octanol–water partition coefficient (Wildman–Crippen LogP) is -10.4. The maximum Gasteiger partial charge on any atom is 0.210 e. The first-order valence-corrected chi connectivity index (χ1v) is 3.99. The summed E-state index contributed by atoms with van der Waals surface area (Å²) in [6.07, 6.45) is 3.07. The molecule has 2 aromatic heterocycles. The molecule has 0 unspecified atom stereocenters. The first-order valence-electron chi connectivity index (χ1n) is 3.99. The van der Waals surface area contributed by atoms with Crippen LogP contribution in [-0.4, -0.2) is 20.2 Å². The molecule has 2 rings (SSSR count). The molecule has 0 aliphatic heterocycles. The normalized spacial score (nSPS) is 6.32. The first-order chi connectivity index (χ1) is 6.79. The van der Waals surface area contributed by atoms with Gasteiger partial charge in [0, 0.05) is 45.6 Å². The average Bonchev–Trinajstić information content (AvgIpc) is 2.21. The van der Waals surface area contributed by atoms with Crippen molar-refractivity contribution in [1.29, 1.82) is 0 Å². The molecule has 110 valence electrons. The van der Waals surface area contributed by atoms with Crippen LogP contribution >= 0.6 is 0 Å². The standard InChI is InChI=1S/2C5H5NO.4ClH.W/c2*7-5-3-1-2-4-6-5;;;;;/h2*1-4H,(H,6,7);4*1H;/p-4. The molecular formula is C10H10Cl4N2O2W-4. The van der Waals surface area contributed by atoms with E-state index in [9.17, 15) is 0 Å². The molecular weight excluding hydrogens is 506 g/mol. The van der Waals surface area contributed by atoms with E-state index in [1.54, 1.807) is 24.3 Å². The van der Waals surface area contributed by atoms with E-state index in [2.05, 4.69) is 9.97 Å². The van der Waals surface area contributed by atoms with Gasteiger partial charge in [-0.2, -0.15) is 0 Å². The van der Waals surface area contributed by atoms with Crippen molar-refractivity contribution in [2.45, 2.75) is 0 Å². The number of hydrogen-bond acceptors (Lipinski definition) is 4. The molecule has 0 amide bonds. The van der Waals surface area contributed by atoms with E-state index < -0.39 is 0 Å². The second kappa shape index (κ2) is 20.1. The van der Waals surface area contributed by atoms with Crippen LogP contribution in [0.1, 0.15) is 0 Å². The van der Waals surface area contributed by atoms with Crippen molar-refractivity contribution >= 4 is 0 Å². The van der Waals surface area contributed by atoms with Crippen molar-refractivity contribution < 1.29 is 80.9 Å². The van der Waals surface area contributed by atoms with Crippen molar-refractivity contribution in [3.05, 3.63) is 48.8 Å². The van der Waals surface area contributed by atoms with Crippen LogP contribution in [0.3, 0.4) is 0 Å². The van der Waals surface area contributed by atoms with Gasteiger partial charge in [-0.3, -0.25) is 0 Å². The number of halogens is 4. The Hall–Kier alpha value is -0.252. The molecule has 4 nitrogen and oxygen atoms in total. The summed E-state index contributed by atoms with van der Waals surface area (Å²) in [6, 6.07) is 10.0. The second-order valence-electron chi connectivity index (χ2n) is 2.38. The van der Waals surface area contributed by atoms with E-state index >= 15 is 0 Å². The van der Waals surface area contributed by atoms with E-state index in [0.717, 1.165) is 0 Å². The van der Waals surface area contributed by atoms with E-state index in [4.69, 9.17) is 10.2 Å². The Balaban J connectivity index is -0.0000000544. The van der Waals surface area contributed by atoms with Crippen LogP contribution in [-0.2, 0) is 21.1 Å². The van der Waals surface area contributed by atoms with Gasteiger partial charge in [-0.15, -0.1) is 0 Å². The van der Waals surface area contributed by atoms with E-state index in [1.165, 1.54) is 24.5 Å². The molecule has 9 heteroatoms. The Morgan fingerprint density at radius 3 is 1.05 bits per heavy atom. The fraction of sp³-hybridized carbons (Fsp3) is 0. The minimum absolute atomic E-state index is 0. The number of nitrogens with zero attached hydrogens (tertiary/aromatic N) is 2. The number of aromatic hydroxyl groups is 2. The zero-order chi connectivity index (χ0) is 10.2. The fourth-order valence-electron chi connectivity index (χ4n) is 0.707. The molecule has 0 fully saturated rings. The van der Waals surface area contributed by atoms with Crippen molar-refractivity contribution in [1.82, 2.24) is 9.97 Å². The molecule has 0 aliphatic carbocycles. The smallest absolute Gasteiger partial charge is 0.210 e. The Kier molecular flexibility index (Phi) is 33.0. The van der Waals surface area contributed by atoms with E-state index in [-0.39, 0.29) is 82.5 Å². The molecule has 19 heavy (non-hydrogen) atoms. The van der Waals surface area contributed by atoms with E-state index in [0.29, 0.717) is 0 Å². The van der Waals surface area contributed by atoms with Crippen molar-refractivity contribution in [2.24, 2.45) is 0 Å². The number of aromatic nitrogens is 2. The average molecular weight is 516 g/mol. The number of hydrogen-bond donors (Lipinski definition) is 2. The largest absolute Gasteiger partial charge is 1.00 e. The van der Waals surface area contributed by atoms with Gasteiger partial charge < -0.3 is 59.8 Å². The molecule has 0 bridgehead atoms. The Labute approximate surface area is 151 Å². The summed E-state index contributed by atoms with van der Waals surface area (Å²) in [5.41, 5.74) is 0. The van der Waals surface area contributed by atoms with Gasteiger partial charge in [0.25, 0.3) is 0 Å². The molecule has 2 heterocycles. The zero-order valence-electron chi connectivity index (χ0n) is 9.33. The van der Waals surface area contributed by atoms with Crippen molar-refractivity contribution in [3.63, 3.8) is 0 Å². The molecule has 0 aromatic carbocycles. The summed E-state index contributed by atoms with van der Waals surface area (Å²) in [5.74, 6) is 0.144. The van der Waals surface area contributed by atoms with Gasteiger partial charge in [-0.1, -0.05) is 12.1 Å². The molecule has 0 radical (unpaired) electrons. The van der Waals surface area contributed by atoms with Crippen LogP contribution in [0, 0.1) is 0 Å². The van der Waals surface area contributed by atoms with Gasteiger partial charge >= 0.3 is 0 Å². The van der Waals surface area contributed by atoms with Crippen molar-refractivity contribution in [2.75, 3.05) is 0 Å². The van der Waals surface area contributed by atoms with Gasteiger partial charge in [0.1, 0.15) is 0 Å². The molecule has 0 aliphatic rings. The third-order valence-electron chi connectivity index (χ3n) is 1.30. The Morgan fingerprint density at radius 2 is 0.947 bits per heavy atom. The minimum atomic E-state index is 0. The van der Waals surface area contributed by atoms with Gasteiger partial charge in [-0.05, 0) is 12.1 Å². The molecule has 2 aromatic rings. The first kappa shape index (κ1) is 31.2. The van der Waals surface area contributed by atoms with Crippen LogP contribution in [0.15, 0.2) is 48.8 Å². The quantitative estimate of drug-likeness (QED) is 0.366. The third-order valence-corrected chi connectivity index (χ3v) is 1.30. The summed E-state index contributed by atoms with van der Waals surface area (Å²) in [5, 5.41) is 17.0. The fourth-order valence-corrected chi connectivity index (χ4v) is 0.707. The number of pyridine rings is 2. The Morgan fingerprint density at radius 1 is 0.632 bits per heavy atom. The van der Waals surface area contributed by atoms with Gasteiger partial charge in [0.15, 0.2) is 0 Å². The number of rotatable bonds is 0. The maximum atomic E-state index is 8.52. The van der Waals surface area contributed by atoms with Crippen LogP contribution in [0.4, 0.5) is 0 Å². The predicted molar refractivity (Wildman–Crippen MR) is 51.8 cm³/mol. The van der Waals surface area contributed by atoms with Gasteiger partial charge in [-0.25, -0.2) is 9.97 Å². The zero-order valence-corrected chi connectivity index (χ0v) is 15.3. The van der Waals surface area contributed by atoms with Crippen LogP contribution in [0.5, 0.6) is 11.8 Å².